The third-order valence-electron chi connectivity index (χ3n) is 5.56. The van der Waals surface area contributed by atoms with Gasteiger partial charge in [-0.15, -0.1) is 0 Å². The van der Waals surface area contributed by atoms with Crippen LogP contribution >= 0.6 is 0 Å². The van der Waals surface area contributed by atoms with Crippen molar-refractivity contribution in [1.82, 2.24) is 4.98 Å². The Labute approximate surface area is 170 Å². The first kappa shape index (κ1) is 19.1. The van der Waals surface area contributed by atoms with Crippen LogP contribution in [0.5, 0.6) is 0 Å². The van der Waals surface area contributed by atoms with Crippen molar-refractivity contribution in [3.8, 4) is 0 Å². The van der Waals surface area contributed by atoms with Crippen molar-refractivity contribution in [2.45, 2.75) is 39.7 Å². The molecule has 0 N–H and O–H groups in total. The lowest BCUT2D eigenvalue weighted by Gasteiger charge is -2.22. The summed E-state index contributed by atoms with van der Waals surface area (Å²) in [6.07, 6.45) is 0.664. The van der Waals surface area contributed by atoms with Gasteiger partial charge in [-0.05, 0) is 49.9 Å². The van der Waals surface area contributed by atoms with E-state index in [1.54, 1.807) is 11.8 Å². The van der Waals surface area contributed by atoms with Crippen molar-refractivity contribution in [3.05, 3.63) is 70.9 Å². The normalized spacial score (nSPS) is 14.0. The number of fused-ring (bicyclic) bond motifs is 2. The highest BCUT2D eigenvalue weighted by atomic mass is 16.5. The molecule has 5 nitrogen and oxygen atoms in total. The molecule has 0 bridgehead atoms. The van der Waals surface area contributed by atoms with Crippen molar-refractivity contribution in [2.75, 3.05) is 11.4 Å². The number of ether oxygens (including phenoxy) is 1. The molecule has 1 aliphatic rings. The van der Waals surface area contributed by atoms with E-state index in [9.17, 15) is 9.59 Å². The van der Waals surface area contributed by atoms with E-state index in [-0.39, 0.29) is 5.91 Å². The summed E-state index contributed by atoms with van der Waals surface area (Å²) in [5, 5.41) is 0.748. The summed E-state index contributed by atoms with van der Waals surface area (Å²) >= 11 is 0. The number of benzene rings is 2. The second-order valence-corrected chi connectivity index (χ2v) is 7.35. The van der Waals surface area contributed by atoms with Gasteiger partial charge < -0.3 is 9.64 Å². The highest BCUT2D eigenvalue weighted by molar-refractivity contribution is 6.06. The van der Waals surface area contributed by atoms with E-state index in [2.05, 4.69) is 4.98 Å². The van der Waals surface area contributed by atoms with Gasteiger partial charge in [-0.1, -0.05) is 43.3 Å². The lowest BCUT2D eigenvalue weighted by atomic mass is 10.0. The Morgan fingerprint density at radius 3 is 2.66 bits per heavy atom. The monoisotopic (exact) mass is 388 g/mol. The molecule has 148 valence electrons. The lowest BCUT2D eigenvalue weighted by molar-refractivity contribution is -0.126. The first-order chi connectivity index (χ1) is 14.0. The van der Waals surface area contributed by atoms with Crippen LogP contribution in [-0.2, 0) is 22.4 Å². The molecule has 0 aliphatic carbocycles. The van der Waals surface area contributed by atoms with Crippen LogP contribution in [-0.4, -0.2) is 29.5 Å². The molecule has 1 atom stereocenters. The molecule has 0 unspecified atom stereocenters. The molecule has 0 radical (unpaired) electrons. The second kappa shape index (κ2) is 7.66. The number of aromatic nitrogens is 1. The number of amides is 1. The van der Waals surface area contributed by atoms with Crippen LogP contribution in [0.2, 0.25) is 0 Å². The van der Waals surface area contributed by atoms with Crippen LogP contribution in [0.15, 0.2) is 48.5 Å². The van der Waals surface area contributed by atoms with Crippen LogP contribution in [0.4, 0.5) is 5.69 Å². The fraction of sp³-hybridized carbons (Fsp3) is 0.292. The van der Waals surface area contributed by atoms with Crippen molar-refractivity contribution in [2.24, 2.45) is 0 Å². The number of anilines is 1. The number of para-hydroxylation sites is 2. The average molecular weight is 388 g/mol. The molecule has 5 heteroatoms. The van der Waals surface area contributed by atoms with E-state index < -0.39 is 12.1 Å². The second-order valence-electron chi connectivity index (χ2n) is 7.35. The zero-order valence-corrected chi connectivity index (χ0v) is 16.9. The van der Waals surface area contributed by atoms with Gasteiger partial charge in [0.15, 0.2) is 6.10 Å². The Bertz CT molecular complexity index is 1110. The van der Waals surface area contributed by atoms with Gasteiger partial charge in [-0.2, -0.15) is 0 Å². The number of esters is 1. The zero-order chi connectivity index (χ0) is 20.5. The summed E-state index contributed by atoms with van der Waals surface area (Å²) < 4.78 is 5.66. The Morgan fingerprint density at radius 1 is 1.14 bits per heavy atom. The van der Waals surface area contributed by atoms with E-state index in [1.165, 1.54) is 0 Å². The Kier molecular flexibility index (Phi) is 5.05. The first-order valence-corrected chi connectivity index (χ1v) is 9.99. The predicted molar refractivity (Wildman–Crippen MR) is 113 cm³/mol. The summed E-state index contributed by atoms with van der Waals surface area (Å²) in [5.41, 5.74) is 4.97. The molecule has 3 aromatic rings. The Hall–Kier alpha value is -3.21. The number of hydrogen-bond donors (Lipinski definition) is 0. The third-order valence-corrected chi connectivity index (χ3v) is 5.56. The van der Waals surface area contributed by atoms with Gasteiger partial charge in [-0.3, -0.25) is 9.78 Å². The van der Waals surface area contributed by atoms with E-state index in [0.29, 0.717) is 12.1 Å². The maximum absolute atomic E-state index is 13.1. The molecule has 29 heavy (non-hydrogen) atoms. The fourth-order valence-corrected chi connectivity index (χ4v) is 4.02. The smallest absolute Gasteiger partial charge is 0.339 e. The van der Waals surface area contributed by atoms with E-state index in [0.717, 1.165) is 46.3 Å². The minimum atomic E-state index is -0.870. The molecular weight excluding hydrogens is 364 g/mol. The van der Waals surface area contributed by atoms with Gasteiger partial charge in [0.2, 0.25) is 0 Å². The van der Waals surface area contributed by atoms with Gasteiger partial charge in [0.1, 0.15) is 0 Å². The zero-order valence-electron chi connectivity index (χ0n) is 16.9. The minimum absolute atomic E-state index is 0.199. The van der Waals surface area contributed by atoms with Crippen LogP contribution in [0.25, 0.3) is 10.9 Å². The van der Waals surface area contributed by atoms with Gasteiger partial charge in [0, 0.05) is 23.3 Å². The molecule has 0 fully saturated rings. The quantitative estimate of drug-likeness (QED) is 0.627. The number of aryl methyl sites for hydroxylation is 1. The van der Waals surface area contributed by atoms with Crippen LogP contribution < -0.4 is 4.90 Å². The lowest BCUT2D eigenvalue weighted by Crippen LogP contribution is -2.39. The van der Waals surface area contributed by atoms with Crippen LogP contribution in [0.1, 0.15) is 41.0 Å². The summed E-state index contributed by atoms with van der Waals surface area (Å²) in [6.45, 7) is 6.14. The number of carbonyl (C=O) groups excluding carboxylic acids is 2. The molecule has 2 aromatic carbocycles. The van der Waals surface area contributed by atoms with Crippen molar-refractivity contribution in [3.63, 3.8) is 0 Å². The summed E-state index contributed by atoms with van der Waals surface area (Å²) in [4.78, 5) is 32.5. The number of nitrogens with zero attached hydrogens (tertiary/aromatic N) is 2. The maximum atomic E-state index is 13.1. The summed E-state index contributed by atoms with van der Waals surface area (Å²) in [5.74, 6) is -0.681. The molecule has 0 saturated carbocycles. The number of rotatable bonds is 4. The van der Waals surface area contributed by atoms with Crippen molar-refractivity contribution < 1.29 is 14.3 Å². The summed E-state index contributed by atoms with van der Waals surface area (Å²) in [6, 6.07) is 15.4. The van der Waals surface area contributed by atoms with Gasteiger partial charge in [0.05, 0.1) is 11.1 Å². The fourth-order valence-electron chi connectivity index (χ4n) is 4.02. The SMILES string of the molecule is CCc1nc2ccccc2c(C(=O)O[C@@H](C)C(=O)N2CCc3ccccc32)c1C. The topological polar surface area (TPSA) is 59.5 Å². The molecule has 0 saturated heterocycles. The minimum Gasteiger partial charge on any atom is -0.449 e. The highest BCUT2D eigenvalue weighted by Crippen LogP contribution is 2.29. The molecule has 1 amide bonds. The molecule has 1 aliphatic heterocycles. The van der Waals surface area contributed by atoms with Crippen molar-refractivity contribution in [1.29, 1.82) is 0 Å². The molecular formula is C24H24N2O3. The largest absolute Gasteiger partial charge is 0.449 e. The molecule has 4 rings (SSSR count). The highest BCUT2D eigenvalue weighted by Gasteiger charge is 2.30. The standard InChI is InChI=1S/C24H24N2O3/c1-4-19-15(2)22(18-10-6-7-11-20(18)25-19)24(28)29-16(3)23(27)26-14-13-17-9-5-8-12-21(17)26/h5-12,16H,4,13-14H2,1-3H3/t16-/m0/s1. The maximum Gasteiger partial charge on any atom is 0.339 e. The van der Waals surface area contributed by atoms with E-state index in [1.807, 2.05) is 62.4 Å². The Balaban J connectivity index is 1.62. The number of carbonyl (C=O) groups is 2. The number of pyridine rings is 1. The van der Waals surface area contributed by atoms with Gasteiger partial charge in [-0.25, -0.2) is 4.79 Å². The van der Waals surface area contributed by atoms with Gasteiger partial charge >= 0.3 is 5.97 Å². The first-order valence-electron chi connectivity index (χ1n) is 9.99. The van der Waals surface area contributed by atoms with E-state index >= 15 is 0 Å². The summed E-state index contributed by atoms with van der Waals surface area (Å²) in [7, 11) is 0. The molecule has 0 spiro atoms. The average Bonchev–Trinajstić information content (AvgIpc) is 3.16. The van der Waals surface area contributed by atoms with Gasteiger partial charge in [0.25, 0.3) is 5.91 Å². The Morgan fingerprint density at radius 2 is 1.86 bits per heavy atom. The van der Waals surface area contributed by atoms with Crippen molar-refractivity contribution >= 4 is 28.5 Å². The van der Waals surface area contributed by atoms with E-state index in [4.69, 9.17) is 4.74 Å². The third kappa shape index (κ3) is 3.37. The molecule has 1 aromatic heterocycles. The molecule has 2 heterocycles. The number of hydrogen-bond acceptors (Lipinski definition) is 4. The van der Waals surface area contributed by atoms with Crippen LogP contribution in [0, 0.1) is 6.92 Å². The predicted octanol–water partition coefficient (Wildman–Crippen LogP) is 4.24. The van der Waals surface area contributed by atoms with Crippen LogP contribution in [0.3, 0.4) is 0 Å².